The first-order chi connectivity index (χ1) is 10.1. The molecule has 3 aromatic rings. The van der Waals surface area contributed by atoms with Crippen LogP contribution in [0.3, 0.4) is 0 Å². The summed E-state index contributed by atoms with van der Waals surface area (Å²) in [4.78, 5) is -0.0586. The van der Waals surface area contributed by atoms with Gasteiger partial charge in [-0.3, -0.25) is 0 Å². The number of halogens is 4. The van der Waals surface area contributed by atoms with Gasteiger partial charge in [-0.25, -0.2) is 0 Å². The second-order valence-corrected chi connectivity index (χ2v) is 7.26. The van der Waals surface area contributed by atoms with Crippen LogP contribution in [0.25, 0.3) is 10.8 Å². The van der Waals surface area contributed by atoms with Gasteiger partial charge < -0.3 is 0 Å². The first-order valence-corrected chi connectivity index (χ1v) is 8.81. The third-order valence-electron chi connectivity index (χ3n) is 3.43. The van der Waals surface area contributed by atoms with E-state index in [0.717, 1.165) is 15.6 Å². The van der Waals surface area contributed by atoms with E-state index in [-0.39, 0.29) is 4.83 Å². The summed E-state index contributed by atoms with van der Waals surface area (Å²) in [5, 5.41) is 3.67. The van der Waals surface area contributed by atoms with Crippen molar-refractivity contribution in [2.24, 2.45) is 0 Å². The molecule has 1 atom stereocenters. The van der Waals surface area contributed by atoms with Crippen LogP contribution in [-0.4, -0.2) is 0 Å². The van der Waals surface area contributed by atoms with Gasteiger partial charge in [0.1, 0.15) is 0 Å². The Hall–Kier alpha value is -0.540. The molecular weight excluding hydrogens is 435 g/mol. The molecule has 106 valence electrons. The molecule has 0 radical (unpaired) electrons. The number of hydrogen-bond acceptors (Lipinski definition) is 0. The minimum Gasteiger partial charge on any atom is -0.0839 e. The lowest BCUT2D eigenvalue weighted by Gasteiger charge is -2.17. The van der Waals surface area contributed by atoms with Gasteiger partial charge in [0.25, 0.3) is 0 Å². The van der Waals surface area contributed by atoms with Crippen molar-refractivity contribution in [3.8, 4) is 0 Å². The molecule has 4 heteroatoms. The van der Waals surface area contributed by atoms with Gasteiger partial charge in [0, 0.05) is 20.1 Å². The van der Waals surface area contributed by atoms with Crippen LogP contribution in [0.4, 0.5) is 0 Å². The lowest BCUT2D eigenvalue weighted by Crippen LogP contribution is -1.96. The Morgan fingerprint density at radius 2 is 1.38 bits per heavy atom. The second kappa shape index (κ2) is 6.29. The molecular formula is C17H10Br2Cl2. The Morgan fingerprint density at radius 3 is 2.05 bits per heavy atom. The van der Waals surface area contributed by atoms with Gasteiger partial charge in [-0.2, -0.15) is 0 Å². The number of alkyl halides is 1. The van der Waals surface area contributed by atoms with Crippen molar-refractivity contribution < 1.29 is 0 Å². The molecule has 3 rings (SSSR count). The molecule has 0 N–H and O–H groups in total. The van der Waals surface area contributed by atoms with Crippen molar-refractivity contribution >= 4 is 65.8 Å². The van der Waals surface area contributed by atoms with Crippen LogP contribution in [0.2, 0.25) is 10.0 Å². The average Bonchev–Trinajstić information content (AvgIpc) is 2.47. The molecule has 0 aromatic heterocycles. The molecule has 0 saturated carbocycles. The van der Waals surface area contributed by atoms with Gasteiger partial charge >= 0.3 is 0 Å². The Labute approximate surface area is 150 Å². The van der Waals surface area contributed by atoms with Crippen molar-refractivity contribution in [1.82, 2.24) is 0 Å². The first-order valence-electron chi connectivity index (χ1n) is 6.34. The van der Waals surface area contributed by atoms with E-state index in [1.807, 2.05) is 30.3 Å². The Balaban J connectivity index is 2.23. The topological polar surface area (TPSA) is 0 Å². The number of rotatable bonds is 2. The molecule has 0 nitrogen and oxygen atoms in total. The van der Waals surface area contributed by atoms with Crippen LogP contribution < -0.4 is 0 Å². The first kappa shape index (κ1) is 15.4. The quantitative estimate of drug-likeness (QED) is 0.361. The monoisotopic (exact) mass is 442 g/mol. The molecule has 3 aromatic carbocycles. The van der Waals surface area contributed by atoms with Gasteiger partial charge in [-0.1, -0.05) is 91.5 Å². The van der Waals surface area contributed by atoms with Crippen molar-refractivity contribution in [1.29, 1.82) is 0 Å². The molecule has 0 aliphatic carbocycles. The van der Waals surface area contributed by atoms with E-state index in [2.05, 4.69) is 56.1 Å². The normalized spacial score (nSPS) is 12.6. The summed E-state index contributed by atoms with van der Waals surface area (Å²) in [7, 11) is 0. The maximum absolute atomic E-state index is 6.33. The fraction of sp³-hybridized carbons (Fsp3) is 0.0588. The zero-order chi connectivity index (χ0) is 15.0. The highest BCUT2D eigenvalue weighted by Crippen LogP contribution is 2.42. The third-order valence-corrected chi connectivity index (χ3v) is 5.73. The summed E-state index contributed by atoms with van der Waals surface area (Å²) in [6.45, 7) is 0. The zero-order valence-corrected chi connectivity index (χ0v) is 15.5. The zero-order valence-electron chi connectivity index (χ0n) is 10.8. The van der Waals surface area contributed by atoms with Crippen LogP contribution >= 0.6 is 55.1 Å². The molecule has 0 amide bonds. The molecule has 0 bridgehead atoms. The van der Waals surface area contributed by atoms with Crippen molar-refractivity contribution in [2.75, 3.05) is 0 Å². The molecule has 0 spiro atoms. The van der Waals surface area contributed by atoms with Gasteiger partial charge in [-0.05, 0) is 34.5 Å². The molecule has 0 saturated heterocycles. The predicted octanol–water partition coefficient (Wildman–Crippen LogP) is 7.39. The van der Waals surface area contributed by atoms with E-state index in [1.165, 1.54) is 10.8 Å². The van der Waals surface area contributed by atoms with Gasteiger partial charge in [0.05, 0.1) is 4.83 Å². The van der Waals surface area contributed by atoms with E-state index in [4.69, 9.17) is 23.2 Å². The summed E-state index contributed by atoms with van der Waals surface area (Å²) in [6.07, 6.45) is 0. The summed E-state index contributed by atoms with van der Waals surface area (Å²) >= 11 is 20.0. The standard InChI is InChI=1S/C17H10Br2Cl2/c18-13-9-8-12(10-4-1-2-5-11(10)13)17(19)16-14(20)6-3-7-15(16)21/h1-9,17H. The minimum absolute atomic E-state index is 0.0586. The fourth-order valence-electron chi connectivity index (χ4n) is 2.41. The maximum Gasteiger partial charge on any atom is 0.0679 e. The Kier molecular flexibility index (Phi) is 4.60. The van der Waals surface area contributed by atoms with Crippen LogP contribution in [-0.2, 0) is 0 Å². The minimum atomic E-state index is -0.0586. The summed E-state index contributed by atoms with van der Waals surface area (Å²) in [5.74, 6) is 0. The SMILES string of the molecule is Clc1cccc(Cl)c1C(Br)c1ccc(Br)c2ccccc12. The third kappa shape index (κ3) is 2.87. The summed E-state index contributed by atoms with van der Waals surface area (Å²) in [5.41, 5.74) is 2.04. The number of benzene rings is 3. The van der Waals surface area contributed by atoms with E-state index in [0.29, 0.717) is 10.0 Å². The fourth-order valence-corrected chi connectivity index (χ4v) is 4.66. The average molecular weight is 445 g/mol. The van der Waals surface area contributed by atoms with Crippen LogP contribution in [0, 0.1) is 0 Å². The molecule has 0 aliphatic rings. The van der Waals surface area contributed by atoms with E-state index < -0.39 is 0 Å². The maximum atomic E-state index is 6.33. The second-order valence-electron chi connectivity index (χ2n) is 4.68. The highest BCUT2D eigenvalue weighted by molar-refractivity contribution is 9.10. The van der Waals surface area contributed by atoms with Crippen LogP contribution in [0.15, 0.2) is 59.1 Å². The van der Waals surface area contributed by atoms with Gasteiger partial charge in [0.15, 0.2) is 0 Å². The predicted molar refractivity (Wildman–Crippen MR) is 98.9 cm³/mol. The summed E-state index contributed by atoms with van der Waals surface area (Å²) < 4.78 is 1.08. The molecule has 1 unspecified atom stereocenters. The largest absolute Gasteiger partial charge is 0.0839 e. The lowest BCUT2D eigenvalue weighted by molar-refractivity contribution is 1.20. The molecule has 0 heterocycles. The smallest absolute Gasteiger partial charge is 0.0679 e. The number of fused-ring (bicyclic) bond motifs is 1. The summed E-state index contributed by atoms with van der Waals surface area (Å²) in [6, 6.07) is 18.0. The molecule has 21 heavy (non-hydrogen) atoms. The van der Waals surface area contributed by atoms with Crippen LogP contribution in [0.5, 0.6) is 0 Å². The van der Waals surface area contributed by atoms with E-state index >= 15 is 0 Å². The van der Waals surface area contributed by atoms with Crippen molar-refractivity contribution in [3.05, 3.63) is 80.2 Å². The van der Waals surface area contributed by atoms with Crippen molar-refractivity contribution in [3.63, 3.8) is 0 Å². The highest BCUT2D eigenvalue weighted by Gasteiger charge is 2.19. The van der Waals surface area contributed by atoms with Crippen molar-refractivity contribution in [2.45, 2.75) is 4.83 Å². The molecule has 0 fully saturated rings. The van der Waals surface area contributed by atoms with Gasteiger partial charge in [0.2, 0.25) is 0 Å². The van der Waals surface area contributed by atoms with Crippen LogP contribution in [0.1, 0.15) is 16.0 Å². The molecule has 0 aliphatic heterocycles. The highest BCUT2D eigenvalue weighted by atomic mass is 79.9. The Bertz CT molecular complexity index is 795. The van der Waals surface area contributed by atoms with E-state index in [1.54, 1.807) is 0 Å². The van der Waals surface area contributed by atoms with Gasteiger partial charge in [-0.15, -0.1) is 0 Å². The number of hydrogen-bond donors (Lipinski definition) is 0. The Morgan fingerprint density at radius 1 is 0.762 bits per heavy atom. The lowest BCUT2D eigenvalue weighted by atomic mass is 9.98. The van der Waals surface area contributed by atoms with E-state index in [9.17, 15) is 0 Å².